The van der Waals surface area contributed by atoms with Crippen molar-refractivity contribution < 1.29 is 14.3 Å². The monoisotopic (exact) mass is 297 g/mol. The van der Waals surface area contributed by atoms with Gasteiger partial charge >= 0.3 is 6.03 Å². The van der Waals surface area contributed by atoms with Crippen molar-refractivity contribution in [2.75, 3.05) is 19.5 Å². The Hall–Kier alpha value is -3.02. The van der Waals surface area contributed by atoms with Gasteiger partial charge in [-0.1, -0.05) is 18.2 Å². The summed E-state index contributed by atoms with van der Waals surface area (Å²) in [4.78, 5) is 12.4. The number of amides is 1. The number of benzene rings is 2. The van der Waals surface area contributed by atoms with Gasteiger partial charge in [0.25, 0.3) is 0 Å². The molecule has 1 N–H and O–H groups in total. The number of fused-ring (bicyclic) bond motifs is 1. The molecule has 1 aromatic heterocycles. The summed E-state index contributed by atoms with van der Waals surface area (Å²) in [6.45, 7) is 0. The fraction of sp³-hybridized carbons (Fsp3) is 0.125. The third-order valence-corrected chi connectivity index (χ3v) is 3.32. The zero-order valence-electron chi connectivity index (χ0n) is 12.2. The lowest BCUT2D eigenvalue weighted by atomic mass is 10.2. The van der Waals surface area contributed by atoms with Crippen LogP contribution in [0.1, 0.15) is 0 Å². The van der Waals surface area contributed by atoms with E-state index in [1.807, 2.05) is 24.3 Å². The van der Waals surface area contributed by atoms with Crippen molar-refractivity contribution in [1.29, 1.82) is 0 Å². The molecule has 0 atom stereocenters. The van der Waals surface area contributed by atoms with Gasteiger partial charge in [-0.25, -0.2) is 4.79 Å². The zero-order valence-corrected chi connectivity index (χ0v) is 12.2. The van der Waals surface area contributed by atoms with Crippen molar-refractivity contribution in [2.45, 2.75) is 0 Å². The molecule has 1 heterocycles. The van der Waals surface area contributed by atoms with E-state index in [2.05, 4.69) is 10.4 Å². The molecular weight excluding hydrogens is 282 g/mol. The molecule has 6 heteroatoms. The number of hydrogen-bond acceptors (Lipinski definition) is 4. The number of aromatic nitrogens is 2. The molecule has 6 nitrogen and oxygen atoms in total. The van der Waals surface area contributed by atoms with Crippen LogP contribution in [0.2, 0.25) is 0 Å². The zero-order chi connectivity index (χ0) is 15.5. The van der Waals surface area contributed by atoms with Gasteiger partial charge in [-0.15, -0.1) is 0 Å². The second kappa shape index (κ2) is 5.77. The molecule has 0 radical (unpaired) electrons. The minimum absolute atomic E-state index is 0.357. The maximum absolute atomic E-state index is 12.4. The summed E-state index contributed by atoms with van der Waals surface area (Å²) < 4.78 is 11.7. The van der Waals surface area contributed by atoms with Crippen LogP contribution < -0.4 is 14.8 Å². The van der Waals surface area contributed by atoms with Crippen molar-refractivity contribution in [3.05, 3.63) is 48.7 Å². The molecule has 2 aromatic carbocycles. The molecule has 3 rings (SSSR count). The van der Waals surface area contributed by atoms with Crippen molar-refractivity contribution in [2.24, 2.45) is 0 Å². The summed E-state index contributed by atoms with van der Waals surface area (Å²) in [7, 11) is 3.11. The first-order valence-corrected chi connectivity index (χ1v) is 6.69. The number of nitrogens with one attached hydrogen (secondary N) is 1. The first-order chi connectivity index (χ1) is 10.7. The minimum Gasteiger partial charge on any atom is -0.497 e. The molecule has 3 aromatic rings. The molecule has 0 fully saturated rings. The summed E-state index contributed by atoms with van der Waals surface area (Å²) in [6, 6.07) is 12.3. The van der Waals surface area contributed by atoms with E-state index in [4.69, 9.17) is 9.47 Å². The largest absolute Gasteiger partial charge is 0.497 e. The standard InChI is InChI=1S/C16H15N3O3/c1-21-12-7-8-13(15(9-12)22-2)18-16(20)19-14-6-4-3-5-11(14)10-17-19/h3-10H,1-2H3,(H,18,20). The first-order valence-electron chi connectivity index (χ1n) is 6.69. The second-order valence-corrected chi connectivity index (χ2v) is 4.61. The first kappa shape index (κ1) is 13.9. The molecule has 0 saturated heterocycles. The van der Waals surface area contributed by atoms with Gasteiger partial charge in [-0.3, -0.25) is 0 Å². The highest BCUT2D eigenvalue weighted by Gasteiger charge is 2.13. The highest BCUT2D eigenvalue weighted by Crippen LogP contribution is 2.29. The van der Waals surface area contributed by atoms with E-state index in [0.717, 1.165) is 10.9 Å². The molecule has 0 aliphatic rings. The topological polar surface area (TPSA) is 65.4 Å². The van der Waals surface area contributed by atoms with E-state index in [9.17, 15) is 4.79 Å². The van der Waals surface area contributed by atoms with E-state index < -0.39 is 0 Å². The van der Waals surface area contributed by atoms with E-state index >= 15 is 0 Å². The number of methoxy groups -OCH3 is 2. The van der Waals surface area contributed by atoms with Crippen molar-refractivity contribution in [1.82, 2.24) is 9.78 Å². The van der Waals surface area contributed by atoms with Gasteiger partial charge < -0.3 is 14.8 Å². The Morgan fingerprint density at radius 1 is 1.14 bits per heavy atom. The van der Waals surface area contributed by atoms with E-state index in [-0.39, 0.29) is 6.03 Å². The molecule has 0 spiro atoms. The lowest BCUT2D eigenvalue weighted by Crippen LogP contribution is -2.20. The third-order valence-electron chi connectivity index (χ3n) is 3.32. The predicted octanol–water partition coefficient (Wildman–Crippen LogP) is 3.13. The van der Waals surface area contributed by atoms with Crippen LogP contribution in [-0.4, -0.2) is 30.0 Å². The van der Waals surface area contributed by atoms with Crippen LogP contribution in [0, 0.1) is 0 Å². The van der Waals surface area contributed by atoms with Crippen molar-refractivity contribution >= 4 is 22.6 Å². The Bertz CT molecular complexity index is 826. The molecular formula is C16H15N3O3. The molecule has 0 aliphatic carbocycles. The molecule has 0 saturated carbocycles. The van der Waals surface area contributed by atoms with Gasteiger partial charge in [0.15, 0.2) is 0 Å². The lowest BCUT2D eigenvalue weighted by Gasteiger charge is -2.11. The molecule has 0 unspecified atom stereocenters. The van der Waals surface area contributed by atoms with Crippen molar-refractivity contribution in [3.63, 3.8) is 0 Å². The lowest BCUT2D eigenvalue weighted by molar-refractivity contribution is 0.251. The van der Waals surface area contributed by atoms with Crippen LogP contribution in [0.5, 0.6) is 11.5 Å². The number of carbonyl (C=O) groups excluding carboxylic acids is 1. The Morgan fingerprint density at radius 3 is 2.73 bits per heavy atom. The molecule has 0 bridgehead atoms. The van der Waals surface area contributed by atoms with E-state index in [1.165, 1.54) is 11.8 Å². The third kappa shape index (κ3) is 2.46. The summed E-state index contributed by atoms with van der Waals surface area (Å²) >= 11 is 0. The smallest absolute Gasteiger partial charge is 0.347 e. The molecule has 22 heavy (non-hydrogen) atoms. The molecule has 1 amide bonds. The van der Waals surface area contributed by atoms with Gasteiger partial charge in [0.05, 0.1) is 31.6 Å². The maximum atomic E-state index is 12.4. The fourth-order valence-electron chi connectivity index (χ4n) is 2.20. The number of hydrogen-bond donors (Lipinski definition) is 1. The average molecular weight is 297 g/mol. The SMILES string of the molecule is COc1ccc(NC(=O)n2ncc3ccccc32)c(OC)c1. The van der Waals surface area contributed by atoms with Crippen LogP contribution in [0.3, 0.4) is 0 Å². The van der Waals surface area contributed by atoms with Gasteiger partial charge in [-0.05, 0) is 18.2 Å². The van der Waals surface area contributed by atoms with Crippen molar-refractivity contribution in [3.8, 4) is 11.5 Å². The number of anilines is 1. The predicted molar refractivity (Wildman–Crippen MR) is 83.7 cm³/mol. The van der Waals surface area contributed by atoms with Gasteiger partial charge in [0.1, 0.15) is 11.5 Å². The Labute approximate surface area is 127 Å². The number of ether oxygens (including phenoxy) is 2. The minimum atomic E-state index is -0.357. The number of nitrogens with zero attached hydrogens (tertiary/aromatic N) is 2. The van der Waals surface area contributed by atoms with E-state index in [1.54, 1.807) is 31.5 Å². The Balaban J connectivity index is 1.91. The number of para-hydroxylation sites is 1. The molecule has 0 aliphatic heterocycles. The fourth-order valence-corrected chi connectivity index (χ4v) is 2.20. The summed E-state index contributed by atoms with van der Waals surface area (Å²) in [5.74, 6) is 1.17. The van der Waals surface area contributed by atoms with Crippen LogP contribution in [-0.2, 0) is 0 Å². The number of rotatable bonds is 3. The van der Waals surface area contributed by atoms with Crippen LogP contribution in [0.15, 0.2) is 48.7 Å². The molecule has 112 valence electrons. The summed E-state index contributed by atoms with van der Waals surface area (Å²) in [5.41, 5.74) is 1.29. The highest BCUT2D eigenvalue weighted by atomic mass is 16.5. The Morgan fingerprint density at radius 2 is 1.95 bits per heavy atom. The normalized spacial score (nSPS) is 10.5. The number of carbonyl (C=O) groups is 1. The van der Waals surface area contributed by atoms with Gasteiger partial charge in [0, 0.05) is 11.5 Å². The average Bonchev–Trinajstić information content (AvgIpc) is 2.99. The summed E-state index contributed by atoms with van der Waals surface area (Å²) in [5, 5.41) is 7.81. The quantitative estimate of drug-likeness (QED) is 0.806. The maximum Gasteiger partial charge on any atom is 0.347 e. The van der Waals surface area contributed by atoms with Crippen LogP contribution in [0.4, 0.5) is 10.5 Å². The summed E-state index contributed by atoms with van der Waals surface area (Å²) in [6.07, 6.45) is 1.65. The van der Waals surface area contributed by atoms with Crippen LogP contribution in [0.25, 0.3) is 10.9 Å². The van der Waals surface area contributed by atoms with Gasteiger partial charge in [-0.2, -0.15) is 9.78 Å². The Kier molecular flexibility index (Phi) is 3.65. The second-order valence-electron chi connectivity index (χ2n) is 4.61. The van der Waals surface area contributed by atoms with E-state index in [0.29, 0.717) is 17.2 Å². The van der Waals surface area contributed by atoms with Crippen LogP contribution >= 0.6 is 0 Å². The van der Waals surface area contributed by atoms with Gasteiger partial charge in [0.2, 0.25) is 0 Å². The highest BCUT2D eigenvalue weighted by molar-refractivity contribution is 5.98.